The summed E-state index contributed by atoms with van der Waals surface area (Å²) in [6, 6.07) is 13.1. The van der Waals surface area contributed by atoms with Gasteiger partial charge in [0.05, 0.1) is 5.69 Å². The highest BCUT2D eigenvalue weighted by Gasteiger charge is 2.11. The third-order valence-electron chi connectivity index (χ3n) is 4.12. The van der Waals surface area contributed by atoms with E-state index >= 15 is 0 Å². The Morgan fingerprint density at radius 1 is 1.14 bits per heavy atom. The number of pyridine rings is 1. The molecular formula is C18H23N3. The number of aromatic nitrogens is 1. The van der Waals surface area contributed by atoms with E-state index in [4.69, 9.17) is 0 Å². The van der Waals surface area contributed by atoms with Crippen molar-refractivity contribution >= 4 is 0 Å². The van der Waals surface area contributed by atoms with Crippen LogP contribution in [-0.2, 0) is 26.1 Å². The number of benzene rings is 1. The average molecular weight is 281 g/mol. The van der Waals surface area contributed by atoms with Crippen LogP contribution in [0.1, 0.15) is 29.3 Å². The van der Waals surface area contributed by atoms with Crippen LogP contribution in [0.5, 0.6) is 0 Å². The van der Waals surface area contributed by atoms with Crippen molar-refractivity contribution in [3.8, 4) is 0 Å². The Morgan fingerprint density at radius 2 is 2.10 bits per heavy atom. The summed E-state index contributed by atoms with van der Waals surface area (Å²) in [7, 11) is 0. The van der Waals surface area contributed by atoms with Gasteiger partial charge in [0.25, 0.3) is 0 Å². The van der Waals surface area contributed by atoms with Crippen LogP contribution in [0.4, 0.5) is 0 Å². The Labute approximate surface area is 127 Å². The van der Waals surface area contributed by atoms with E-state index in [9.17, 15) is 0 Å². The number of hydrogen-bond acceptors (Lipinski definition) is 3. The zero-order valence-corrected chi connectivity index (χ0v) is 12.7. The maximum absolute atomic E-state index is 4.43. The fraction of sp³-hybridized carbons (Fsp3) is 0.389. The minimum atomic E-state index is 0.909. The molecule has 0 amide bonds. The molecule has 0 saturated carbocycles. The summed E-state index contributed by atoms with van der Waals surface area (Å²) in [5.74, 6) is 0. The van der Waals surface area contributed by atoms with Gasteiger partial charge in [-0.05, 0) is 48.3 Å². The molecule has 0 radical (unpaired) electrons. The van der Waals surface area contributed by atoms with Crippen molar-refractivity contribution in [2.45, 2.75) is 33.0 Å². The largest absolute Gasteiger partial charge is 0.312 e. The van der Waals surface area contributed by atoms with E-state index in [0.717, 1.165) is 44.8 Å². The molecule has 3 nitrogen and oxygen atoms in total. The Kier molecular flexibility index (Phi) is 4.63. The highest BCUT2D eigenvalue weighted by Crippen LogP contribution is 2.17. The monoisotopic (exact) mass is 281 g/mol. The smallest absolute Gasteiger partial charge is 0.0544 e. The van der Waals surface area contributed by atoms with E-state index in [1.54, 1.807) is 0 Å². The van der Waals surface area contributed by atoms with Gasteiger partial charge < -0.3 is 5.32 Å². The second-order valence-corrected chi connectivity index (χ2v) is 5.65. The van der Waals surface area contributed by atoms with Gasteiger partial charge in [0.2, 0.25) is 0 Å². The van der Waals surface area contributed by atoms with E-state index in [1.165, 1.54) is 16.7 Å². The molecule has 0 fully saturated rings. The molecule has 0 saturated heterocycles. The highest BCUT2D eigenvalue weighted by atomic mass is 15.1. The second-order valence-electron chi connectivity index (χ2n) is 5.65. The summed E-state index contributed by atoms with van der Waals surface area (Å²) in [6.45, 7) is 7.25. The van der Waals surface area contributed by atoms with Gasteiger partial charge in [0, 0.05) is 25.8 Å². The lowest BCUT2D eigenvalue weighted by Gasteiger charge is -2.22. The molecule has 21 heavy (non-hydrogen) atoms. The molecule has 1 aliphatic heterocycles. The van der Waals surface area contributed by atoms with Gasteiger partial charge in [0.15, 0.2) is 0 Å². The fourth-order valence-corrected chi connectivity index (χ4v) is 2.89. The summed E-state index contributed by atoms with van der Waals surface area (Å²) in [4.78, 5) is 6.86. The Morgan fingerprint density at radius 3 is 2.90 bits per heavy atom. The van der Waals surface area contributed by atoms with Gasteiger partial charge >= 0.3 is 0 Å². The van der Waals surface area contributed by atoms with E-state index in [0.29, 0.717) is 0 Å². The van der Waals surface area contributed by atoms with Gasteiger partial charge in [-0.25, -0.2) is 0 Å². The number of fused-ring (bicyclic) bond motifs is 1. The summed E-state index contributed by atoms with van der Waals surface area (Å²) >= 11 is 0. The summed E-state index contributed by atoms with van der Waals surface area (Å²) in [5.41, 5.74) is 5.51. The topological polar surface area (TPSA) is 28.2 Å². The van der Waals surface area contributed by atoms with Crippen molar-refractivity contribution < 1.29 is 0 Å². The van der Waals surface area contributed by atoms with Crippen molar-refractivity contribution in [1.82, 2.24) is 15.2 Å². The lowest BCUT2D eigenvalue weighted by atomic mass is 9.98. The predicted octanol–water partition coefficient (Wildman–Crippen LogP) is 2.75. The van der Waals surface area contributed by atoms with Crippen LogP contribution in [0, 0.1) is 0 Å². The molecule has 2 aromatic rings. The molecule has 1 N–H and O–H groups in total. The van der Waals surface area contributed by atoms with Crippen LogP contribution in [-0.4, -0.2) is 23.0 Å². The molecule has 1 aromatic carbocycles. The van der Waals surface area contributed by atoms with E-state index < -0.39 is 0 Å². The molecule has 0 spiro atoms. The summed E-state index contributed by atoms with van der Waals surface area (Å²) in [6.07, 6.45) is 3.02. The molecule has 2 heterocycles. The van der Waals surface area contributed by atoms with E-state index in [2.05, 4.69) is 52.5 Å². The average Bonchev–Trinajstić information content (AvgIpc) is 2.55. The molecule has 3 rings (SSSR count). The molecule has 3 heteroatoms. The maximum Gasteiger partial charge on any atom is 0.0544 e. The number of hydrogen-bond donors (Lipinski definition) is 1. The maximum atomic E-state index is 4.43. The van der Waals surface area contributed by atoms with Gasteiger partial charge in [-0.1, -0.05) is 31.2 Å². The quantitative estimate of drug-likeness (QED) is 0.913. The normalized spacial score (nSPS) is 14.2. The third kappa shape index (κ3) is 3.69. The summed E-state index contributed by atoms with van der Waals surface area (Å²) in [5, 5.41) is 3.45. The van der Waals surface area contributed by atoms with Gasteiger partial charge in [-0.15, -0.1) is 0 Å². The molecule has 0 unspecified atom stereocenters. The van der Waals surface area contributed by atoms with Gasteiger partial charge in [-0.3, -0.25) is 9.88 Å². The zero-order valence-electron chi connectivity index (χ0n) is 12.7. The van der Waals surface area contributed by atoms with Gasteiger partial charge in [0.1, 0.15) is 0 Å². The Balaban J connectivity index is 1.69. The van der Waals surface area contributed by atoms with Crippen molar-refractivity contribution in [3.05, 3.63) is 65.0 Å². The molecular weight excluding hydrogens is 258 g/mol. The zero-order chi connectivity index (χ0) is 14.5. The first-order valence-electron chi connectivity index (χ1n) is 7.79. The van der Waals surface area contributed by atoms with E-state index in [-0.39, 0.29) is 0 Å². The molecule has 0 atom stereocenters. The van der Waals surface area contributed by atoms with E-state index in [1.807, 2.05) is 12.3 Å². The fourth-order valence-electron chi connectivity index (χ4n) is 2.89. The first-order chi connectivity index (χ1) is 10.3. The standard InChI is InChI=1S/C18H23N3/c1-2-21(14-18-5-3-4-9-20-18)13-15-6-7-16-8-10-19-12-17(16)11-15/h3-7,9,11,19H,2,8,10,12-14H2,1H3. The third-order valence-corrected chi connectivity index (χ3v) is 4.12. The lowest BCUT2D eigenvalue weighted by Crippen LogP contribution is -2.25. The van der Waals surface area contributed by atoms with Crippen LogP contribution in [0.3, 0.4) is 0 Å². The second kappa shape index (κ2) is 6.83. The van der Waals surface area contributed by atoms with Crippen molar-refractivity contribution in [1.29, 1.82) is 0 Å². The number of nitrogens with one attached hydrogen (secondary N) is 1. The Hall–Kier alpha value is -1.71. The molecule has 0 bridgehead atoms. The van der Waals surface area contributed by atoms with Crippen LogP contribution < -0.4 is 5.32 Å². The van der Waals surface area contributed by atoms with Crippen LogP contribution in [0.15, 0.2) is 42.6 Å². The minimum absolute atomic E-state index is 0.909. The first-order valence-corrected chi connectivity index (χ1v) is 7.79. The van der Waals surface area contributed by atoms with Crippen LogP contribution in [0.2, 0.25) is 0 Å². The van der Waals surface area contributed by atoms with Gasteiger partial charge in [-0.2, -0.15) is 0 Å². The highest BCUT2D eigenvalue weighted by molar-refractivity contribution is 5.33. The molecule has 1 aromatic heterocycles. The summed E-state index contributed by atoms with van der Waals surface area (Å²) < 4.78 is 0. The SMILES string of the molecule is CCN(Cc1ccc2c(c1)CNCC2)Cc1ccccn1. The van der Waals surface area contributed by atoms with Crippen LogP contribution in [0.25, 0.3) is 0 Å². The van der Waals surface area contributed by atoms with Crippen molar-refractivity contribution in [2.24, 2.45) is 0 Å². The predicted molar refractivity (Wildman–Crippen MR) is 85.9 cm³/mol. The molecule has 1 aliphatic rings. The Bertz CT molecular complexity index is 580. The number of rotatable bonds is 5. The van der Waals surface area contributed by atoms with Crippen LogP contribution >= 0.6 is 0 Å². The van der Waals surface area contributed by atoms with Crippen molar-refractivity contribution in [3.63, 3.8) is 0 Å². The lowest BCUT2D eigenvalue weighted by molar-refractivity contribution is 0.268. The van der Waals surface area contributed by atoms with Crippen molar-refractivity contribution in [2.75, 3.05) is 13.1 Å². The number of nitrogens with zero attached hydrogens (tertiary/aromatic N) is 2. The first kappa shape index (κ1) is 14.2. The minimum Gasteiger partial charge on any atom is -0.312 e. The molecule has 110 valence electrons. The molecule has 0 aliphatic carbocycles.